The van der Waals surface area contributed by atoms with E-state index < -0.39 is 0 Å². The smallest absolute Gasteiger partial charge is 0.258 e. The zero-order chi connectivity index (χ0) is 11.5. The lowest BCUT2D eigenvalue weighted by Gasteiger charge is -2.20. The van der Waals surface area contributed by atoms with Gasteiger partial charge in [-0.25, -0.2) is 0 Å². The second-order valence-corrected chi connectivity index (χ2v) is 4.00. The van der Waals surface area contributed by atoms with Crippen LogP contribution in [-0.2, 0) is 0 Å². The van der Waals surface area contributed by atoms with Crippen molar-refractivity contribution in [3.8, 4) is 0 Å². The average Bonchev–Trinajstić information content (AvgIpc) is 2.30. The van der Waals surface area contributed by atoms with Crippen molar-refractivity contribution in [2.45, 2.75) is 12.8 Å². The molecule has 0 bridgehead atoms. The molecular weight excluding hydrogens is 202 g/mol. The van der Waals surface area contributed by atoms with Gasteiger partial charge < -0.3 is 0 Å². The van der Waals surface area contributed by atoms with E-state index in [0.717, 1.165) is 5.56 Å². The molecule has 1 aromatic rings. The summed E-state index contributed by atoms with van der Waals surface area (Å²) >= 11 is 0. The Morgan fingerprint density at radius 2 is 1.75 bits per heavy atom. The fourth-order valence-electron chi connectivity index (χ4n) is 1.95. The third-order valence-corrected chi connectivity index (χ3v) is 2.90. The minimum Gasteiger partial charge on any atom is -0.258 e. The van der Waals surface area contributed by atoms with Gasteiger partial charge in [0.25, 0.3) is 5.69 Å². The summed E-state index contributed by atoms with van der Waals surface area (Å²) in [5.74, 6) is 0.761. The topological polar surface area (TPSA) is 43.1 Å². The van der Waals surface area contributed by atoms with Crippen molar-refractivity contribution in [1.29, 1.82) is 0 Å². The van der Waals surface area contributed by atoms with Gasteiger partial charge in [0.15, 0.2) is 0 Å². The number of benzene rings is 1. The number of hydrogen-bond donors (Lipinski definition) is 0. The van der Waals surface area contributed by atoms with E-state index in [4.69, 9.17) is 0 Å². The van der Waals surface area contributed by atoms with Gasteiger partial charge in [-0.15, -0.1) is 0 Å². The number of nitrogens with zero attached hydrogens (tertiary/aromatic N) is 1. The Labute approximate surface area is 94.3 Å². The first-order valence-electron chi connectivity index (χ1n) is 5.28. The minimum absolute atomic E-state index is 0.145. The highest BCUT2D eigenvalue weighted by atomic mass is 16.6. The van der Waals surface area contributed by atoms with E-state index in [-0.39, 0.29) is 10.6 Å². The summed E-state index contributed by atoms with van der Waals surface area (Å²) < 4.78 is 0. The Morgan fingerprint density at radius 3 is 2.31 bits per heavy atom. The number of rotatable bonds is 2. The van der Waals surface area contributed by atoms with Crippen molar-refractivity contribution in [2.24, 2.45) is 5.92 Å². The summed E-state index contributed by atoms with van der Waals surface area (Å²) in [5, 5.41) is 10.5. The fraction of sp³-hybridized carbons (Fsp3) is 0.231. The van der Waals surface area contributed by atoms with Crippen molar-refractivity contribution in [2.75, 3.05) is 0 Å². The van der Waals surface area contributed by atoms with Gasteiger partial charge >= 0.3 is 0 Å². The van der Waals surface area contributed by atoms with Gasteiger partial charge in [-0.1, -0.05) is 43.4 Å². The average molecular weight is 215 g/mol. The van der Waals surface area contributed by atoms with Crippen LogP contribution in [0.4, 0.5) is 5.69 Å². The van der Waals surface area contributed by atoms with Crippen LogP contribution in [0.3, 0.4) is 0 Å². The van der Waals surface area contributed by atoms with Crippen molar-refractivity contribution < 1.29 is 4.92 Å². The molecule has 16 heavy (non-hydrogen) atoms. The van der Waals surface area contributed by atoms with E-state index in [0.29, 0.717) is 11.8 Å². The molecule has 0 saturated heterocycles. The van der Waals surface area contributed by atoms with Gasteiger partial charge in [0, 0.05) is 18.1 Å². The van der Waals surface area contributed by atoms with Crippen LogP contribution in [0.25, 0.3) is 0 Å². The Balaban J connectivity index is 2.25. The number of nitro groups is 1. The standard InChI is InChI=1S/C13H13NO2/c1-10-4-2-3-5-13(10)11-6-8-12(9-7-11)14(15)16/h2-10,13H,1H3. The molecule has 0 aromatic heterocycles. The zero-order valence-corrected chi connectivity index (χ0v) is 9.04. The molecule has 0 radical (unpaired) electrons. The number of allylic oxidation sites excluding steroid dienone is 4. The molecule has 0 N–H and O–H groups in total. The maximum Gasteiger partial charge on any atom is 0.269 e. The molecule has 3 nitrogen and oxygen atoms in total. The van der Waals surface area contributed by atoms with Crippen LogP contribution >= 0.6 is 0 Å². The molecule has 2 unspecified atom stereocenters. The van der Waals surface area contributed by atoms with Gasteiger partial charge in [0.1, 0.15) is 0 Å². The lowest BCUT2D eigenvalue weighted by molar-refractivity contribution is -0.384. The molecule has 0 fully saturated rings. The second-order valence-electron chi connectivity index (χ2n) is 4.00. The summed E-state index contributed by atoms with van der Waals surface area (Å²) in [4.78, 5) is 10.2. The first kappa shape index (κ1) is 10.6. The van der Waals surface area contributed by atoms with E-state index in [1.54, 1.807) is 12.1 Å². The maximum atomic E-state index is 10.5. The van der Waals surface area contributed by atoms with E-state index in [1.165, 1.54) is 0 Å². The minimum atomic E-state index is -0.371. The third kappa shape index (κ3) is 2.03. The predicted molar refractivity (Wildman–Crippen MR) is 63.3 cm³/mol. The fourth-order valence-corrected chi connectivity index (χ4v) is 1.95. The molecular formula is C13H13NO2. The number of hydrogen-bond acceptors (Lipinski definition) is 2. The van der Waals surface area contributed by atoms with Gasteiger partial charge in [-0.3, -0.25) is 10.1 Å². The monoisotopic (exact) mass is 215 g/mol. The molecule has 2 rings (SSSR count). The van der Waals surface area contributed by atoms with Gasteiger partial charge in [0.05, 0.1) is 4.92 Å². The molecule has 82 valence electrons. The molecule has 1 aliphatic carbocycles. The van der Waals surface area contributed by atoms with E-state index >= 15 is 0 Å². The predicted octanol–water partition coefficient (Wildman–Crippen LogP) is 3.44. The molecule has 0 amide bonds. The molecule has 3 heteroatoms. The first-order valence-corrected chi connectivity index (χ1v) is 5.28. The van der Waals surface area contributed by atoms with Crippen LogP contribution in [0.5, 0.6) is 0 Å². The molecule has 2 atom stereocenters. The molecule has 1 aliphatic rings. The molecule has 0 aliphatic heterocycles. The van der Waals surface area contributed by atoms with Crippen LogP contribution in [0, 0.1) is 16.0 Å². The number of nitro benzene ring substituents is 1. The van der Waals surface area contributed by atoms with Gasteiger partial charge in [-0.2, -0.15) is 0 Å². The van der Waals surface area contributed by atoms with Crippen molar-refractivity contribution in [1.82, 2.24) is 0 Å². The highest BCUT2D eigenvalue weighted by Gasteiger charge is 2.16. The van der Waals surface area contributed by atoms with Crippen LogP contribution in [0.1, 0.15) is 18.4 Å². The quantitative estimate of drug-likeness (QED) is 0.560. The maximum absolute atomic E-state index is 10.5. The Kier molecular flexibility index (Phi) is 2.86. The molecule has 0 heterocycles. The Bertz CT molecular complexity index is 446. The Hall–Kier alpha value is -1.90. The van der Waals surface area contributed by atoms with E-state index in [9.17, 15) is 10.1 Å². The van der Waals surface area contributed by atoms with Gasteiger partial charge in [-0.05, 0) is 11.5 Å². The number of non-ortho nitro benzene ring substituents is 1. The molecule has 0 spiro atoms. The summed E-state index contributed by atoms with van der Waals surface area (Å²) in [7, 11) is 0. The summed E-state index contributed by atoms with van der Waals surface area (Å²) in [6.07, 6.45) is 8.33. The Morgan fingerprint density at radius 1 is 1.12 bits per heavy atom. The highest BCUT2D eigenvalue weighted by molar-refractivity contribution is 5.37. The van der Waals surface area contributed by atoms with Crippen LogP contribution < -0.4 is 0 Å². The largest absolute Gasteiger partial charge is 0.269 e. The normalized spacial score (nSPS) is 23.3. The van der Waals surface area contributed by atoms with Crippen LogP contribution in [0.15, 0.2) is 48.6 Å². The second kappa shape index (κ2) is 4.31. The molecule has 1 aromatic carbocycles. The lowest BCUT2D eigenvalue weighted by atomic mass is 9.84. The lowest BCUT2D eigenvalue weighted by Crippen LogP contribution is -2.07. The van der Waals surface area contributed by atoms with Crippen LogP contribution in [0.2, 0.25) is 0 Å². The highest BCUT2D eigenvalue weighted by Crippen LogP contribution is 2.30. The SMILES string of the molecule is CC1C=CC=CC1c1ccc([N+](=O)[O-])cc1. The van der Waals surface area contributed by atoms with Gasteiger partial charge in [0.2, 0.25) is 0 Å². The van der Waals surface area contributed by atoms with E-state index in [1.807, 2.05) is 24.3 Å². The summed E-state index contributed by atoms with van der Waals surface area (Å²) in [6.45, 7) is 2.14. The zero-order valence-electron chi connectivity index (χ0n) is 9.04. The van der Waals surface area contributed by atoms with Crippen molar-refractivity contribution >= 4 is 5.69 Å². The molecule has 0 saturated carbocycles. The summed E-state index contributed by atoms with van der Waals surface area (Å²) in [5.41, 5.74) is 1.27. The van der Waals surface area contributed by atoms with E-state index in [2.05, 4.69) is 19.1 Å². The van der Waals surface area contributed by atoms with Crippen molar-refractivity contribution in [3.05, 3.63) is 64.2 Å². The first-order chi connectivity index (χ1) is 7.68. The third-order valence-electron chi connectivity index (χ3n) is 2.90. The van der Waals surface area contributed by atoms with Crippen molar-refractivity contribution in [3.63, 3.8) is 0 Å². The summed E-state index contributed by atoms with van der Waals surface area (Å²) in [6, 6.07) is 6.80. The van der Waals surface area contributed by atoms with Crippen LogP contribution in [-0.4, -0.2) is 4.92 Å².